The van der Waals surface area contributed by atoms with Gasteiger partial charge in [-0.2, -0.15) is 5.26 Å². The summed E-state index contributed by atoms with van der Waals surface area (Å²) in [6.45, 7) is 4.26. The zero-order chi connectivity index (χ0) is 9.14. The SMILES string of the molecule is Bc1ccc(C(C)C)cc1C#N. The fraction of sp³-hybridized carbons (Fsp3) is 0.300. The van der Waals surface area contributed by atoms with Crippen LogP contribution < -0.4 is 5.46 Å². The second-order valence-corrected chi connectivity index (χ2v) is 3.34. The predicted octanol–water partition coefficient (Wildman–Crippen LogP) is 0.940. The summed E-state index contributed by atoms with van der Waals surface area (Å²) in [7, 11) is 1.96. The Bertz CT molecular complexity index is 323. The molecule has 2 heteroatoms. The van der Waals surface area contributed by atoms with Gasteiger partial charge in [0.05, 0.1) is 6.07 Å². The third-order valence-electron chi connectivity index (χ3n) is 2.05. The van der Waals surface area contributed by atoms with Gasteiger partial charge in [-0.1, -0.05) is 31.4 Å². The Balaban J connectivity index is 3.16. The predicted molar refractivity (Wildman–Crippen MR) is 53.4 cm³/mol. The van der Waals surface area contributed by atoms with Gasteiger partial charge < -0.3 is 0 Å². The normalized spacial score (nSPS) is 9.83. The molecule has 0 aliphatic carbocycles. The monoisotopic (exact) mass is 157 g/mol. The summed E-state index contributed by atoms with van der Waals surface area (Å²) in [6, 6.07) is 8.25. The Morgan fingerprint density at radius 1 is 1.42 bits per heavy atom. The summed E-state index contributed by atoms with van der Waals surface area (Å²) in [6.07, 6.45) is 0. The molecule has 0 bridgehead atoms. The van der Waals surface area contributed by atoms with E-state index in [0.717, 1.165) is 11.0 Å². The maximum Gasteiger partial charge on any atom is 0.141 e. The van der Waals surface area contributed by atoms with Crippen molar-refractivity contribution in [3.63, 3.8) is 0 Å². The number of nitriles is 1. The number of nitrogens with zero attached hydrogens (tertiary/aromatic N) is 1. The molecule has 0 saturated heterocycles. The fourth-order valence-corrected chi connectivity index (χ4v) is 1.12. The van der Waals surface area contributed by atoms with Gasteiger partial charge in [0, 0.05) is 5.56 Å². The molecule has 0 atom stereocenters. The van der Waals surface area contributed by atoms with Crippen LogP contribution in [0.2, 0.25) is 0 Å². The first-order valence-corrected chi connectivity index (χ1v) is 4.16. The number of hydrogen-bond acceptors (Lipinski definition) is 1. The van der Waals surface area contributed by atoms with Crippen molar-refractivity contribution in [2.75, 3.05) is 0 Å². The second kappa shape index (κ2) is 3.45. The van der Waals surface area contributed by atoms with Crippen LogP contribution in [0.15, 0.2) is 18.2 Å². The first-order valence-electron chi connectivity index (χ1n) is 4.16. The maximum absolute atomic E-state index is 8.77. The third kappa shape index (κ3) is 1.68. The van der Waals surface area contributed by atoms with Gasteiger partial charge in [0.2, 0.25) is 0 Å². The van der Waals surface area contributed by atoms with Crippen molar-refractivity contribution in [2.24, 2.45) is 0 Å². The molecule has 0 aliphatic heterocycles. The van der Waals surface area contributed by atoms with Crippen LogP contribution in [0.3, 0.4) is 0 Å². The smallest absolute Gasteiger partial charge is 0.141 e. The van der Waals surface area contributed by atoms with E-state index in [-0.39, 0.29) is 0 Å². The lowest BCUT2D eigenvalue weighted by Gasteiger charge is -2.06. The molecule has 1 rings (SSSR count). The van der Waals surface area contributed by atoms with Crippen LogP contribution in [0.4, 0.5) is 0 Å². The standard InChI is InChI=1S/C10H12BN/c1-7(2)8-3-4-10(11)9(5-8)6-12/h3-5,7H,11H2,1-2H3. The van der Waals surface area contributed by atoms with Gasteiger partial charge in [0.25, 0.3) is 0 Å². The molecule has 0 radical (unpaired) electrons. The Morgan fingerprint density at radius 2 is 2.08 bits per heavy atom. The van der Waals surface area contributed by atoms with Crippen LogP contribution in [-0.2, 0) is 0 Å². The molecule has 0 heterocycles. The molecule has 1 aromatic rings. The van der Waals surface area contributed by atoms with Crippen LogP contribution in [0.1, 0.15) is 30.9 Å². The molecule has 12 heavy (non-hydrogen) atoms. The largest absolute Gasteiger partial charge is 0.192 e. The maximum atomic E-state index is 8.77. The summed E-state index contributed by atoms with van der Waals surface area (Å²) in [4.78, 5) is 0. The molecule has 0 aliphatic rings. The van der Waals surface area contributed by atoms with E-state index >= 15 is 0 Å². The first-order chi connectivity index (χ1) is 5.65. The molecule has 0 saturated carbocycles. The van der Waals surface area contributed by atoms with E-state index in [9.17, 15) is 0 Å². The molecular weight excluding hydrogens is 145 g/mol. The van der Waals surface area contributed by atoms with E-state index in [2.05, 4.69) is 26.0 Å². The lowest BCUT2D eigenvalue weighted by molar-refractivity contribution is 0.866. The van der Waals surface area contributed by atoms with Crippen LogP contribution in [0.25, 0.3) is 0 Å². The molecule has 0 amide bonds. The molecule has 60 valence electrons. The zero-order valence-electron chi connectivity index (χ0n) is 7.76. The van der Waals surface area contributed by atoms with Gasteiger partial charge in [-0.15, -0.1) is 0 Å². The average molecular weight is 157 g/mol. The number of hydrogen-bond donors (Lipinski definition) is 0. The van der Waals surface area contributed by atoms with Gasteiger partial charge in [-0.05, 0) is 17.5 Å². The quantitative estimate of drug-likeness (QED) is 0.556. The van der Waals surface area contributed by atoms with E-state index in [4.69, 9.17) is 5.26 Å². The average Bonchev–Trinajstić information content (AvgIpc) is 2.05. The highest BCUT2D eigenvalue weighted by Crippen LogP contribution is 2.13. The van der Waals surface area contributed by atoms with Gasteiger partial charge in [0.15, 0.2) is 0 Å². The van der Waals surface area contributed by atoms with Crippen molar-refractivity contribution in [3.05, 3.63) is 29.3 Å². The van der Waals surface area contributed by atoms with Crippen molar-refractivity contribution < 1.29 is 0 Å². The summed E-state index contributed by atoms with van der Waals surface area (Å²) in [5.41, 5.74) is 3.08. The van der Waals surface area contributed by atoms with Gasteiger partial charge in [0.1, 0.15) is 7.85 Å². The van der Waals surface area contributed by atoms with Crippen LogP contribution >= 0.6 is 0 Å². The minimum Gasteiger partial charge on any atom is -0.192 e. The minimum atomic E-state index is 0.498. The lowest BCUT2D eigenvalue weighted by Crippen LogP contribution is -2.08. The van der Waals surface area contributed by atoms with Crippen molar-refractivity contribution in [1.29, 1.82) is 5.26 Å². The van der Waals surface area contributed by atoms with Crippen molar-refractivity contribution in [3.8, 4) is 6.07 Å². The van der Waals surface area contributed by atoms with E-state index in [1.807, 2.05) is 20.0 Å². The highest BCUT2D eigenvalue weighted by atomic mass is 14.2. The molecule has 0 N–H and O–H groups in total. The van der Waals surface area contributed by atoms with Crippen LogP contribution in [-0.4, -0.2) is 7.85 Å². The van der Waals surface area contributed by atoms with Crippen molar-refractivity contribution >= 4 is 13.3 Å². The highest BCUT2D eigenvalue weighted by Gasteiger charge is 2.01. The number of rotatable bonds is 1. The zero-order valence-corrected chi connectivity index (χ0v) is 7.76. The second-order valence-electron chi connectivity index (χ2n) is 3.34. The van der Waals surface area contributed by atoms with E-state index in [0.29, 0.717) is 5.92 Å². The summed E-state index contributed by atoms with van der Waals surface area (Å²) in [5, 5.41) is 8.77. The van der Waals surface area contributed by atoms with E-state index < -0.39 is 0 Å². The Labute approximate surface area is 74.4 Å². The van der Waals surface area contributed by atoms with E-state index in [1.165, 1.54) is 5.56 Å². The molecule has 0 aromatic heterocycles. The Morgan fingerprint density at radius 3 is 2.58 bits per heavy atom. The minimum absolute atomic E-state index is 0.498. The van der Waals surface area contributed by atoms with Gasteiger partial charge in [-0.3, -0.25) is 0 Å². The topological polar surface area (TPSA) is 23.8 Å². The fourth-order valence-electron chi connectivity index (χ4n) is 1.12. The molecule has 0 fully saturated rings. The Kier molecular flexibility index (Phi) is 2.55. The van der Waals surface area contributed by atoms with Gasteiger partial charge in [-0.25, -0.2) is 0 Å². The summed E-state index contributed by atoms with van der Waals surface area (Å²) < 4.78 is 0. The first kappa shape index (κ1) is 8.87. The molecule has 0 spiro atoms. The summed E-state index contributed by atoms with van der Waals surface area (Å²) in [5.74, 6) is 0.498. The summed E-state index contributed by atoms with van der Waals surface area (Å²) >= 11 is 0. The Hall–Kier alpha value is -1.23. The van der Waals surface area contributed by atoms with Crippen LogP contribution in [0.5, 0.6) is 0 Å². The van der Waals surface area contributed by atoms with Crippen LogP contribution in [0, 0.1) is 11.3 Å². The molecule has 1 aromatic carbocycles. The molecule has 1 nitrogen and oxygen atoms in total. The lowest BCUT2D eigenvalue weighted by atomic mass is 9.88. The van der Waals surface area contributed by atoms with Crippen molar-refractivity contribution in [1.82, 2.24) is 0 Å². The number of benzene rings is 1. The molecule has 0 unspecified atom stereocenters. The third-order valence-corrected chi connectivity index (χ3v) is 2.05. The van der Waals surface area contributed by atoms with Crippen molar-refractivity contribution in [2.45, 2.75) is 19.8 Å². The van der Waals surface area contributed by atoms with Gasteiger partial charge >= 0.3 is 0 Å². The highest BCUT2D eigenvalue weighted by molar-refractivity contribution is 6.33. The van der Waals surface area contributed by atoms with E-state index in [1.54, 1.807) is 0 Å². The molecular formula is C10H12BN.